The van der Waals surface area contributed by atoms with Gasteiger partial charge in [-0.05, 0) is 36.8 Å². The first kappa shape index (κ1) is 17.5. The zero-order valence-electron chi connectivity index (χ0n) is 14.2. The fourth-order valence-corrected chi connectivity index (χ4v) is 2.25. The molecule has 1 unspecified atom stereocenters. The molecule has 0 radical (unpaired) electrons. The van der Waals surface area contributed by atoms with Crippen molar-refractivity contribution in [3.8, 4) is 0 Å². The Kier molecular flexibility index (Phi) is 5.95. The summed E-state index contributed by atoms with van der Waals surface area (Å²) in [5, 5.41) is 6.20. The molecule has 5 heteroatoms. The molecule has 0 aliphatic heterocycles. The maximum Gasteiger partial charge on any atom is 0.243 e. The lowest BCUT2D eigenvalue weighted by Crippen LogP contribution is -2.33. The molecule has 0 heterocycles. The molecular formula is C19H23N3O2. The number of carbonyl (C=O) groups excluding carboxylic acids is 2. The fourth-order valence-electron chi connectivity index (χ4n) is 2.25. The first-order chi connectivity index (χ1) is 11.5. The Hall–Kier alpha value is -2.82. The molecule has 0 spiro atoms. The third-order valence-corrected chi connectivity index (χ3v) is 3.77. The molecule has 0 aliphatic carbocycles. The Labute approximate surface area is 142 Å². The number of hydrogen-bond acceptors (Lipinski definition) is 3. The predicted molar refractivity (Wildman–Crippen MR) is 96.9 cm³/mol. The highest BCUT2D eigenvalue weighted by Crippen LogP contribution is 2.20. The Morgan fingerprint density at radius 1 is 1.00 bits per heavy atom. The maximum absolute atomic E-state index is 11.9. The lowest BCUT2D eigenvalue weighted by atomic mass is 10.1. The molecule has 0 saturated carbocycles. The number of benzene rings is 2. The van der Waals surface area contributed by atoms with Crippen LogP contribution in [0.3, 0.4) is 0 Å². The Morgan fingerprint density at radius 2 is 1.58 bits per heavy atom. The van der Waals surface area contributed by atoms with Crippen molar-refractivity contribution in [2.75, 3.05) is 24.2 Å². The summed E-state index contributed by atoms with van der Waals surface area (Å²) < 4.78 is 0. The highest BCUT2D eigenvalue weighted by atomic mass is 16.2. The third kappa shape index (κ3) is 5.12. The highest BCUT2D eigenvalue weighted by Gasteiger charge is 2.09. The largest absolute Gasteiger partial charge is 0.379 e. The van der Waals surface area contributed by atoms with Crippen molar-refractivity contribution >= 4 is 23.2 Å². The molecule has 126 valence electrons. The number of likely N-dealkylation sites (N-methyl/N-ethyl adjacent to an activating group) is 1. The van der Waals surface area contributed by atoms with E-state index in [2.05, 4.69) is 29.7 Å². The van der Waals surface area contributed by atoms with Gasteiger partial charge in [0.15, 0.2) is 0 Å². The summed E-state index contributed by atoms with van der Waals surface area (Å²) in [7, 11) is 1.60. The van der Waals surface area contributed by atoms with Gasteiger partial charge in [0.2, 0.25) is 11.8 Å². The maximum atomic E-state index is 11.9. The van der Waals surface area contributed by atoms with Crippen molar-refractivity contribution < 1.29 is 9.59 Å². The first-order valence-corrected chi connectivity index (χ1v) is 7.89. The van der Waals surface area contributed by atoms with E-state index in [1.807, 2.05) is 42.5 Å². The second-order valence-electron chi connectivity index (χ2n) is 5.78. The van der Waals surface area contributed by atoms with Crippen molar-refractivity contribution in [1.29, 1.82) is 0 Å². The quantitative estimate of drug-likeness (QED) is 0.857. The number of nitrogens with zero attached hydrogens (tertiary/aromatic N) is 1. The molecule has 1 atom stereocenters. The van der Waals surface area contributed by atoms with Crippen LogP contribution in [0.4, 0.5) is 11.4 Å². The summed E-state index contributed by atoms with van der Waals surface area (Å²) in [5.74, 6) is -0.356. The predicted octanol–water partition coefficient (Wildman–Crippen LogP) is 3.28. The molecule has 2 aromatic carbocycles. The van der Waals surface area contributed by atoms with Gasteiger partial charge >= 0.3 is 0 Å². The molecule has 2 rings (SSSR count). The smallest absolute Gasteiger partial charge is 0.243 e. The van der Waals surface area contributed by atoms with Gasteiger partial charge in [-0.15, -0.1) is 0 Å². The molecule has 5 nitrogen and oxygen atoms in total. The molecule has 0 aliphatic rings. The van der Waals surface area contributed by atoms with Gasteiger partial charge in [0.1, 0.15) is 0 Å². The van der Waals surface area contributed by atoms with Crippen molar-refractivity contribution in [3.05, 3.63) is 60.2 Å². The zero-order chi connectivity index (χ0) is 17.5. The lowest BCUT2D eigenvalue weighted by Gasteiger charge is -2.17. The molecule has 2 aromatic rings. The van der Waals surface area contributed by atoms with Crippen LogP contribution in [0.15, 0.2) is 54.6 Å². The number of carbonyl (C=O) groups is 2. The molecule has 0 saturated heterocycles. The van der Waals surface area contributed by atoms with Crippen LogP contribution >= 0.6 is 0 Å². The van der Waals surface area contributed by atoms with Crippen LogP contribution in [-0.2, 0) is 9.59 Å². The second-order valence-corrected chi connectivity index (χ2v) is 5.78. The van der Waals surface area contributed by atoms with Gasteiger partial charge < -0.3 is 15.5 Å². The van der Waals surface area contributed by atoms with E-state index in [1.54, 1.807) is 7.05 Å². The standard InChI is InChI=1S/C19H23N3O2/c1-14(16-7-5-4-6-8-16)20-17-9-11-18(12-10-17)21-19(24)13-22(3)15(2)23/h4-12,14,20H,13H2,1-3H3,(H,21,24). The summed E-state index contributed by atoms with van der Waals surface area (Å²) in [6.07, 6.45) is 0. The van der Waals surface area contributed by atoms with Crippen LogP contribution in [0.2, 0.25) is 0 Å². The van der Waals surface area contributed by atoms with Crippen molar-refractivity contribution in [2.45, 2.75) is 19.9 Å². The van der Waals surface area contributed by atoms with E-state index in [0.29, 0.717) is 5.69 Å². The lowest BCUT2D eigenvalue weighted by molar-refractivity contribution is -0.131. The number of anilines is 2. The van der Waals surface area contributed by atoms with E-state index in [0.717, 1.165) is 5.69 Å². The van der Waals surface area contributed by atoms with Gasteiger partial charge in [0.25, 0.3) is 0 Å². The Bertz CT molecular complexity index is 684. The van der Waals surface area contributed by atoms with Crippen LogP contribution in [0.5, 0.6) is 0 Å². The fraction of sp³-hybridized carbons (Fsp3) is 0.263. The Balaban J connectivity index is 1.91. The minimum atomic E-state index is -0.217. The molecule has 0 fully saturated rings. The number of rotatable bonds is 6. The second kappa shape index (κ2) is 8.15. The van der Waals surface area contributed by atoms with E-state index in [-0.39, 0.29) is 24.4 Å². The van der Waals surface area contributed by atoms with Crippen molar-refractivity contribution in [2.24, 2.45) is 0 Å². The minimum Gasteiger partial charge on any atom is -0.379 e. The number of hydrogen-bond donors (Lipinski definition) is 2. The van der Waals surface area contributed by atoms with E-state index >= 15 is 0 Å². The monoisotopic (exact) mass is 325 g/mol. The van der Waals surface area contributed by atoms with Crippen LogP contribution in [-0.4, -0.2) is 30.3 Å². The topological polar surface area (TPSA) is 61.4 Å². The van der Waals surface area contributed by atoms with Gasteiger partial charge in [-0.25, -0.2) is 0 Å². The van der Waals surface area contributed by atoms with Crippen molar-refractivity contribution in [3.63, 3.8) is 0 Å². The van der Waals surface area contributed by atoms with Gasteiger partial charge in [-0.3, -0.25) is 9.59 Å². The molecular weight excluding hydrogens is 302 g/mol. The third-order valence-electron chi connectivity index (χ3n) is 3.77. The van der Waals surface area contributed by atoms with E-state index < -0.39 is 0 Å². The van der Waals surface area contributed by atoms with E-state index in [1.165, 1.54) is 17.4 Å². The van der Waals surface area contributed by atoms with Gasteiger partial charge in [-0.2, -0.15) is 0 Å². The molecule has 0 bridgehead atoms. The number of nitrogens with one attached hydrogen (secondary N) is 2. The van der Waals surface area contributed by atoms with Gasteiger partial charge in [-0.1, -0.05) is 30.3 Å². The highest BCUT2D eigenvalue weighted by molar-refractivity contribution is 5.94. The van der Waals surface area contributed by atoms with Crippen LogP contribution < -0.4 is 10.6 Å². The average Bonchev–Trinajstić information content (AvgIpc) is 2.57. The van der Waals surface area contributed by atoms with Gasteiger partial charge in [0.05, 0.1) is 6.54 Å². The summed E-state index contributed by atoms with van der Waals surface area (Å²) in [6.45, 7) is 3.57. The molecule has 2 amide bonds. The van der Waals surface area contributed by atoms with Crippen LogP contribution in [0.25, 0.3) is 0 Å². The first-order valence-electron chi connectivity index (χ1n) is 7.89. The molecule has 2 N–H and O–H groups in total. The van der Waals surface area contributed by atoms with E-state index in [4.69, 9.17) is 0 Å². The molecule has 24 heavy (non-hydrogen) atoms. The van der Waals surface area contributed by atoms with Crippen LogP contribution in [0, 0.1) is 0 Å². The zero-order valence-corrected chi connectivity index (χ0v) is 14.2. The summed E-state index contributed by atoms with van der Waals surface area (Å²) in [4.78, 5) is 24.4. The number of amides is 2. The normalized spacial score (nSPS) is 11.5. The van der Waals surface area contributed by atoms with Crippen LogP contribution in [0.1, 0.15) is 25.5 Å². The SMILES string of the molecule is CC(=O)N(C)CC(=O)Nc1ccc(NC(C)c2ccccc2)cc1. The molecule has 0 aromatic heterocycles. The van der Waals surface area contributed by atoms with Crippen molar-refractivity contribution in [1.82, 2.24) is 4.90 Å². The Morgan fingerprint density at radius 3 is 2.17 bits per heavy atom. The van der Waals surface area contributed by atoms with E-state index in [9.17, 15) is 9.59 Å². The minimum absolute atomic E-state index is 0.0420. The summed E-state index contributed by atoms with van der Waals surface area (Å²) in [5.41, 5.74) is 2.89. The average molecular weight is 325 g/mol. The summed E-state index contributed by atoms with van der Waals surface area (Å²) in [6, 6.07) is 17.9. The van der Waals surface area contributed by atoms with Gasteiger partial charge in [0, 0.05) is 31.4 Å². The summed E-state index contributed by atoms with van der Waals surface area (Å²) >= 11 is 0.